The number of nitrogens with zero attached hydrogens (tertiary/aromatic N) is 1. The van der Waals surface area contributed by atoms with Crippen LogP contribution in [0.2, 0.25) is 0 Å². The first-order valence-corrected chi connectivity index (χ1v) is 6.12. The Labute approximate surface area is 114 Å². The fraction of sp³-hybridized carbons (Fsp3) is 0.500. The Morgan fingerprint density at radius 1 is 1.35 bits per heavy atom. The lowest BCUT2D eigenvalue weighted by molar-refractivity contribution is -0.384. The van der Waals surface area contributed by atoms with E-state index in [9.17, 15) is 18.9 Å². The number of non-ortho nitro benzene ring substituents is 1. The van der Waals surface area contributed by atoms with Crippen molar-refractivity contribution in [1.82, 2.24) is 0 Å². The van der Waals surface area contributed by atoms with Crippen molar-refractivity contribution in [3.8, 4) is 5.75 Å². The summed E-state index contributed by atoms with van der Waals surface area (Å²) in [5.41, 5.74) is -0.0482. The fourth-order valence-corrected chi connectivity index (χ4v) is 1.61. The molecule has 0 heterocycles. The first-order chi connectivity index (χ1) is 9.54. The summed E-state index contributed by atoms with van der Waals surface area (Å²) in [6, 6.07) is 3.40. The van der Waals surface area contributed by atoms with E-state index in [0.717, 1.165) is 24.6 Å². The third kappa shape index (κ3) is 5.35. The molecule has 6 nitrogen and oxygen atoms in total. The van der Waals surface area contributed by atoms with Gasteiger partial charge in [-0.15, -0.1) is 0 Å². The van der Waals surface area contributed by atoms with Gasteiger partial charge in [-0.3, -0.25) is 10.1 Å². The van der Waals surface area contributed by atoms with Gasteiger partial charge in [0.05, 0.1) is 10.6 Å². The van der Waals surface area contributed by atoms with Crippen molar-refractivity contribution in [2.24, 2.45) is 0 Å². The van der Waals surface area contributed by atoms with Gasteiger partial charge in [0.25, 0.3) is 5.69 Å². The van der Waals surface area contributed by atoms with Crippen LogP contribution in [0, 0.1) is 10.1 Å². The van der Waals surface area contributed by atoms with Gasteiger partial charge in [-0.05, 0) is 25.3 Å². The van der Waals surface area contributed by atoms with Crippen molar-refractivity contribution >= 4 is 11.4 Å². The average molecular weight is 290 g/mol. The van der Waals surface area contributed by atoms with Crippen molar-refractivity contribution in [2.45, 2.75) is 25.9 Å². The molecule has 0 aliphatic rings. The number of nitro groups is 1. The first-order valence-electron chi connectivity index (χ1n) is 6.12. The molecule has 0 amide bonds. The number of ether oxygens (including phenoxy) is 1. The highest BCUT2D eigenvalue weighted by atomic mass is 19.3. The fourth-order valence-electron chi connectivity index (χ4n) is 1.61. The quantitative estimate of drug-likeness (QED) is 0.415. The minimum Gasteiger partial charge on any atom is -0.433 e. The summed E-state index contributed by atoms with van der Waals surface area (Å²) in [6.07, 6.45) is 2.12. The number of nitro benzene ring substituents is 1. The molecule has 0 saturated heterocycles. The van der Waals surface area contributed by atoms with Crippen molar-refractivity contribution < 1.29 is 23.5 Å². The predicted octanol–water partition coefficient (Wildman–Crippen LogP) is 2.77. The van der Waals surface area contributed by atoms with Gasteiger partial charge < -0.3 is 15.2 Å². The van der Waals surface area contributed by atoms with Crippen LogP contribution in [0.4, 0.5) is 20.2 Å². The summed E-state index contributed by atoms with van der Waals surface area (Å²) >= 11 is 0. The van der Waals surface area contributed by atoms with E-state index in [1.54, 1.807) is 0 Å². The highest BCUT2D eigenvalue weighted by Gasteiger charge is 2.14. The molecule has 0 aliphatic carbocycles. The standard InChI is InChI=1S/C12H16F2N2O4/c13-12(14)20-11-5-4-9(16(18)19)8-10(11)15-6-2-1-3-7-17/h4-5,8,12,15,17H,1-3,6-7H2. The van der Waals surface area contributed by atoms with Crippen LogP contribution in [0.25, 0.3) is 0 Å². The SMILES string of the molecule is O=[N+]([O-])c1ccc(OC(F)F)c(NCCCCCO)c1. The van der Waals surface area contributed by atoms with E-state index in [2.05, 4.69) is 10.1 Å². The van der Waals surface area contributed by atoms with E-state index in [-0.39, 0.29) is 23.7 Å². The highest BCUT2D eigenvalue weighted by Crippen LogP contribution is 2.30. The number of unbranched alkanes of at least 4 members (excludes halogenated alkanes) is 2. The number of benzene rings is 1. The minimum atomic E-state index is -2.99. The Kier molecular flexibility index (Phi) is 6.65. The summed E-state index contributed by atoms with van der Waals surface area (Å²) in [5, 5.41) is 22.1. The Morgan fingerprint density at radius 3 is 2.70 bits per heavy atom. The summed E-state index contributed by atoms with van der Waals surface area (Å²) in [7, 11) is 0. The molecule has 2 N–H and O–H groups in total. The minimum absolute atomic E-state index is 0.0938. The first kappa shape index (κ1) is 16.1. The van der Waals surface area contributed by atoms with E-state index >= 15 is 0 Å². The molecule has 0 atom stereocenters. The third-order valence-corrected chi connectivity index (χ3v) is 2.54. The monoisotopic (exact) mass is 290 g/mol. The maximum atomic E-state index is 12.2. The number of nitrogens with one attached hydrogen (secondary N) is 1. The smallest absolute Gasteiger partial charge is 0.387 e. The van der Waals surface area contributed by atoms with Crippen LogP contribution >= 0.6 is 0 Å². The van der Waals surface area contributed by atoms with E-state index in [1.807, 2.05) is 0 Å². The number of hydrogen-bond acceptors (Lipinski definition) is 5. The van der Waals surface area contributed by atoms with Gasteiger partial charge in [0.15, 0.2) is 0 Å². The Balaban J connectivity index is 2.72. The zero-order valence-corrected chi connectivity index (χ0v) is 10.7. The van der Waals surface area contributed by atoms with Crippen molar-refractivity contribution in [3.63, 3.8) is 0 Å². The topological polar surface area (TPSA) is 84.6 Å². The molecular formula is C12H16F2N2O4. The molecule has 0 unspecified atom stereocenters. The maximum absolute atomic E-state index is 12.2. The Hall–Kier alpha value is -1.96. The largest absolute Gasteiger partial charge is 0.433 e. The van der Waals surface area contributed by atoms with Crippen molar-refractivity contribution in [3.05, 3.63) is 28.3 Å². The van der Waals surface area contributed by atoms with Crippen molar-refractivity contribution in [1.29, 1.82) is 0 Å². The van der Waals surface area contributed by atoms with E-state index in [1.165, 1.54) is 0 Å². The molecule has 0 radical (unpaired) electrons. The molecule has 0 aliphatic heterocycles. The summed E-state index contributed by atoms with van der Waals surface area (Å²) in [6.45, 7) is -2.46. The number of halogens is 2. The Bertz CT molecular complexity index is 443. The molecule has 0 saturated carbocycles. The van der Waals surface area contributed by atoms with Crippen LogP contribution in [0.3, 0.4) is 0 Å². The predicted molar refractivity (Wildman–Crippen MR) is 69.2 cm³/mol. The third-order valence-electron chi connectivity index (χ3n) is 2.54. The van der Waals surface area contributed by atoms with Crippen LogP contribution in [0.15, 0.2) is 18.2 Å². The lowest BCUT2D eigenvalue weighted by atomic mass is 10.2. The number of rotatable bonds is 9. The molecule has 1 aromatic carbocycles. The highest BCUT2D eigenvalue weighted by molar-refractivity contribution is 5.61. The summed E-state index contributed by atoms with van der Waals surface area (Å²) in [5.74, 6) is -0.132. The van der Waals surface area contributed by atoms with Crippen LogP contribution < -0.4 is 10.1 Å². The van der Waals surface area contributed by atoms with Gasteiger partial charge in [0.1, 0.15) is 5.75 Å². The van der Waals surface area contributed by atoms with E-state index in [0.29, 0.717) is 19.4 Å². The molecule has 8 heteroatoms. The van der Waals surface area contributed by atoms with Gasteiger partial charge in [-0.1, -0.05) is 0 Å². The number of aliphatic hydroxyl groups is 1. The van der Waals surface area contributed by atoms with Gasteiger partial charge >= 0.3 is 6.61 Å². The van der Waals surface area contributed by atoms with Gasteiger partial charge in [-0.25, -0.2) is 0 Å². The molecule has 1 aromatic rings. The second-order valence-electron chi connectivity index (χ2n) is 4.03. The summed E-state index contributed by atoms with van der Waals surface area (Å²) < 4.78 is 28.8. The van der Waals surface area contributed by atoms with Crippen LogP contribution in [0.1, 0.15) is 19.3 Å². The normalized spacial score (nSPS) is 10.6. The molecule has 112 valence electrons. The van der Waals surface area contributed by atoms with E-state index in [4.69, 9.17) is 5.11 Å². The molecule has 0 fully saturated rings. The maximum Gasteiger partial charge on any atom is 0.387 e. The van der Waals surface area contributed by atoms with Crippen molar-refractivity contribution in [2.75, 3.05) is 18.5 Å². The molecule has 0 spiro atoms. The van der Waals surface area contributed by atoms with E-state index < -0.39 is 11.5 Å². The second-order valence-corrected chi connectivity index (χ2v) is 4.03. The number of alkyl halides is 2. The lowest BCUT2D eigenvalue weighted by Crippen LogP contribution is -2.08. The molecular weight excluding hydrogens is 274 g/mol. The number of hydrogen-bond donors (Lipinski definition) is 2. The number of anilines is 1. The van der Waals surface area contributed by atoms with Gasteiger partial charge in [-0.2, -0.15) is 8.78 Å². The van der Waals surface area contributed by atoms with Crippen LogP contribution in [-0.2, 0) is 0 Å². The molecule has 1 rings (SSSR count). The lowest BCUT2D eigenvalue weighted by Gasteiger charge is -2.12. The zero-order valence-electron chi connectivity index (χ0n) is 10.7. The molecule has 0 aromatic heterocycles. The van der Waals surface area contributed by atoms with Crippen LogP contribution in [-0.4, -0.2) is 29.8 Å². The number of aliphatic hydroxyl groups excluding tert-OH is 1. The van der Waals surface area contributed by atoms with Gasteiger partial charge in [0, 0.05) is 25.3 Å². The second kappa shape index (κ2) is 8.26. The summed E-state index contributed by atoms with van der Waals surface area (Å²) in [4.78, 5) is 10.1. The molecule has 0 bridgehead atoms. The van der Waals surface area contributed by atoms with Gasteiger partial charge in [0.2, 0.25) is 0 Å². The van der Waals surface area contributed by atoms with Crippen LogP contribution in [0.5, 0.6) is 5.75 Å². The molecule has 20 heavy (non-hydrogen) atoms. The average Bonchev–Trinajstić information content (AvgIpc) is 2.39. The zero-order chi connectivity index (χ0) is 15.0. The Morgan fingerprint density at radius 2 is 2.10 bits per heavy atom.